The van der Waals surface area contributed by atoms with E-state index in [1.165, 1.54) is 11.3 Å². The van der Waals surface area contributed by atoms with E-state index in [0.717, 1.165) is 18.4 Å². The number of carbonyl (C=O) groups is 1. The van der Waals surface area contributed by atoms with Gasteiger partial charge in [0, 0.05) is 23.2 Å². The van der Waals surface area contributed by atoms with E-state index < -0.39 is 0 Å². The van der Waals surface area contributed by atoms with Crippen molar-refractivity contribution in [1.82, 2.24) is 9.88 Å². The molecule has 1 saturated carbocycles. The zero-order chi connectivity index (χ0) is 16.1. The maximum Gasteiger partial charge on any atom is 0.243 e. The van der Waals surface area contributed by atoms with Crippen LogP contribution in [0.15, 0.2) is 41.9 Å². The number of benzene rings is 1. The molecule has 1 heterocycles. The van der Waals surface area contributed by atoms with Crippen LogP contribution in [0, 0.1) is 11.8 Å². The van der Waals surface area contributed by atoms with Crippen molar-refractivity contribution < 1.29 is 4.79 Å². The third-order valence-electron chi connectivity index (χ3n) is 3.82. The summed E-state index contributed by atoms with van der Waals surface area (Å²) in [5.41, 5.74) is 1.00. The molecule has 0 unspecified atom stereocenters. The molecular formula is C18H19N3OS. The number of amides is 1. The highest BCUT2D eigenvalue weighted by atomic mass is 32.1. The molecule has 23 heavy (non-hydrogen) atoms. The molecule has 2 aromatic rings. The number of hydrogen-bond donors (Lipinski definition) is 1. The van der Waals surface area contributed by atoms with E-state index in [2.05, 4.69) is 27.0 Å². The molecule has 1 aromatic carbocycles. The zero-order valence-corrected chi connectivity index (χ0v) is 13.8. The van der Waals surface area contributed by atoms with E-state index in [9.17, 15) is 4.79 Å². The molecule has 5 heteroatoms. The van der Waals surface area contributed by atoms with E-state index in [1.807, 2.05) is 42.6 Å². The van der Waals surface area contributed by atoms with E-state index in [-0.39, 0.29) is 11.9 Å². The maximum absolute atomic E-state index is 12.4. The first-order valence-corrected chi connectivity index (χ1v) is 8.62. The standard InChI is InChI=1S/C18H19N3OS/c1-14(17(22)20-18-19-11-13-23-18)21(16-9-10-16)12-5-8-15-6-3-2-4-7-15/h2-4,6-7,11,13-14,16H,9-10,12H2,1H3,(H,19,20,22)/t14-/m0/s1. The molecule has 1 amide bonds. The number of anilines is 1. The van der Waals surface area contributed by atoms with Crippen LogP contribution < -0.4 is 5.32 Å². The molecule has 1 aliphatic carbocycles. The van der Waals surface area contributed by atoms with Gasteiger partial charge in [0.2, 0.25) is 5.91 Å². The summed E-state index contributed by atoms with van der Waals surface area (Å²) in [5, 5.41) is 5.37. The Hall–Kier alpha value is -2.16. The van der Waals surface area contributed by atoms with Crippen molar-refractivity contribution in [2.24, 2.45) is 0 Å². The first kappa shape index (κ1) is 15.7. The number of hydrogen-bond acceptors (Lipinski definition) is 4. The van der Waals surface area contributed by atoms with Crippen LogP contribution in [-0.4, -0.2) is 34.4 Å². The van der Waals surface area contributed by atoms with E-state index >= 15 is 0 Å². The molecular weight excluding hydrogens is 306 g/mol. The van der Waals surface area contributed by atoms with Gasteiger partial charge in [0.05, 0.1) is 12.6 Å². The molecule has 1 aliphatic rings. The number of rotatable bonds is 5. The Morgan fingerprint density at radius 2 is 2.22 bits per heavy atom. The molecule has 1 aromatic heterocycles. The van der Waals surface area contributed by atoms with Gasteiger partial charge in [-0.3, -0.25) is 9.69 Å². The zero-order valence-electron chi connectivity index (χ0n) is 13.0. The maximum atomic E-state index is 12.4. The Bertz CT molecular complexity index is 699. The van der Waals surface area contributed by atoms with Crippen molar-refractivity contribution in [3.8, 4) is 11.8 Å². The lowest BCUT2D eigenvalue weighted by Crippen LogP contribution is -2.43. The van der Waals surface area contributed by atoms with Crippen LogP contribution in [0.3, 0.4) is 0 Å². The van der Waals surface area contributed by atoms with E-state index in [0.29, 0.717) is 17.7 Å². The molecule has 0 spiro atoms. The van der Waals surface area contributed by atoms with Gasteiger partial charge < -0.3 is 5.32 Å². The number of nitrogens with one attached hydrogen (secondary N) is 1. The molecule has 0 radical (unpaired) electrons. The van der Waals surface area contributed by atoms with Crippen molar-refractivity contribution in [2.75, 3.05) is 11.9 Å². The molecule has 1 N–H and O–H groups in total. The van der Waals surface area contributed by atoms with Gasteiger partial charge in [0.25, 0.3) is 0 Å². The van der Waals surface area contributed by atoms with Crippen LogP contribution in [0.5, 0.6) is 0 Å². The summed E-state index contributed by atoms with van der Waals surface area (Å²) in [6, 6.07) is 10.2. The van der Waals surface area contributed by atoms with Gasteiger partial charge in [-0.2, -0.15) is 0 Å². The Kier molecular flexibility index (Phi) is 5.06. The van der Waals surface area contributed by atoms with Crippen LogP contribution in [0.1, 0.15) is 25.3 Å². The average Bonchev–Trinajstić information content (AvgIpc) is 3.28. The van der Waals surface area contributed by atoms with Gasteiger partial charge >= 0.3 is 0 Å². The second-order valence-corrected chi connectivity index (χ2v) is 6.47. The van der Waals surface area contributed by atoms with Crippen LogP contribution in [0.2, 0.25) is 0 Å². The topological polar surface area (TPSA) is 45.2 Å². The highest BCUT2D eigenvalue weighted by molar-refractivity contribution is 7.13. The molecule has 4 nitrogen and oxygen atoms in total. The van der Waals surface area contributed by atoms with Crippen molar-refractivity contribution in [3.05, 3.63) is 47.5 Å². The first-order chi connectivity index (χ1) is 11.2. The van der Waals surface area contributed by atoms with Gasteiger partial charge in [-0.05, 0) is 31.9 Å². The molecule has 1 atom stereocenters. The summed E-state index contributed by atoms with van der Waals surface area (Å²) in [7, 11) is 0. The Morgan fingerprint density at radius 1 is 1.43 bits per heavy atom. The third kappa shape index (κ3) is 4.41. The predicted molar refractivity (Wildman–Crippen MR) is 93.3 cm³/mol. The van der Waals surface area contributed by atoms with Gasteiger partial charge in [-0.15, -0.1) is 11.3 Å². The lowest BCUT2D eigenvalue weighted by Gasteiger charge is -2.25. The van der Waals surface area contributed by atoms with E-state index in [4.69, 9.17) is 0 Å². The fraction of sp³-hybridized carbons (Fsp3) is 0.333. The Morgan fingerprint density at radius 3 is 2.87 bits per heavy atom. The summed E-state index contributed by atoms with van der Waals surface area (Å²) in [6.45, 7) is 2.54. The number of carbonyl (C=O) groups excluding carboxylic acids is 1. The van der Waals surface area contributed by atoms with Gasteiger partial charge in [0.15, 0.2) is 5.13 Å². The van der Waals surface area contributed by atoms with Crippen LogP contribution in [0.4, 0.5) is 5.13 Å². The average molecular weight is 325 g/mol. The molecule has 1 fully saturated rings. The van der Waals surface area contributed by atoms with Crippen molar-refractivity contribution in [2.45, 2.75) is 31.8 Å². The Labute approximate surface area is 140 Å². The highest BCUT2D eigenvalue weighted by Crippen LogP contribution is 2.28. The fourth-order valence-electron chi connectivity index (χ4n) is 2.39. The molecule has 0 bridgehead atoms. The smallest absolute Gasteiger partial charge is 0.243 e. The van der Waals surface area contributed by atoms with Gasteiger partial charge in [-0.1, -0.05) is 30.0 Å². The summed E-state index contributed by atoms with van der Waals surface area (Å²) in [5.74, 6) is 6.34. The molecule has 0 saturated heterocycles. The lowest BCUT2D eigenvalue weighted by atomic mass is 10.2. The SMILES string of the molecule is C[C@@H](C(=O)Nc1nccs1)N(CC#Cc1ccccc1)C1CC1. The summed E-state index contributed by atoms with van der Waals surface area (Å²) in [4.78, 5) is 18.7. The third-order valence-corrected chi connectivity index (χ3v) is 4.51. The summed E-state index contributed by atoms with van der Waals surface area (Å²) in [6.07, 6.45) is 3.97. The second-order valence-electron chi connectivity index (χ2n) is 5.57. The Balaban J connectivity index is 1.62. The largest absolute Gasteiger partial charge is 0.301 e. The fourth-order valence-corrected chi connectivity index (χ4v) is 2.92. The summed E-state index contributed by atoms with van der Waals surface area (Å²) >= 11 is 1.43. The summed E-state index contributed by atoms with van der Waals surface area (Å²) < 4.78 is 0. The monoisotopic (exact) mass is 325 g/mol. The minimum Gasteiger partial charge on any atom is -0.301 e. The van der Waals surface area contributed by atoms with Crippen molar-refractivity contribution in [1.29, 1.82) is 0 Å². The number of thiazole rings is 1. The molecule has 0 aliphatic heterocycles. The lowest BCUT2D eigenvalue weighted by molar-refractivity contribution is -0.120. The van der Waals surface area contributed by atoms with Crippen LogP contribution >= 0.6 is 11.3 Å². The minimum absolute atomic E-state index is 0.0200. The second kappa shape index (κ2) is 7.40. The predicted octanol–water partition coefficient (Wildman–Crippen LogP) is 2.99. The number of nitrogens with zero attached hydrogens (tertiary/aromatic N) is 2. The quantitative estimate of drug-likeness (QED) is 0.860. The molecule has 118 valence electrons. The molecule has 3 rings (SSSR count). The normalized spacial score (nSPS) is 14.9. The van der Waals surface area contributed by atoms with Crippen LogP contribution in [0.25, 0.3) is 0 Å². The van der Waals surface area contributed by atoms with Crippen LogP contribution in [-0.2, 0) is 4.79 Å². The van der Waals surface area contributed by atoms with Crippen molar-refractivity contribution in [3.63, 3.8) is 0 Å². The van der Waals surface area contributed by atoms with Gasteiger partial charge in [0.1, 0.15) is 0 Å². The van der Waals surface area contributed by atoms with Gasteiger partial charge in [-0.25, -0.2) is 4.98 Å². The van der Waals surface area contributed by atoms with Crippen molar-refractivity contribution >= 4 is 22.4 Å². The first-order valence-electron chi connectivity index (χ1n) is 7.74. The number of aromatic nitrogens is 1. The minimum atomic E-state index is -0.212. The van der Waals surface area contributed by atoms with E-state index in [1.54, 1.807) is 6.20 Å². The highest BCUT2D eigenvalue weighted by Gasteiger charge is 2.34.